The zero-order chi connectivity index (χ0) is 12.6. The maximum Gasteiger partial charge on any atom is 0.166 e. The topological polar surface area (TPSA) is 43.1 Å². The summed E-state index contributed by atoms with van der Waals surface area (Å²) in [6.07, 6.45) is 2.79. The number of carbonyl (C=O) groups is 1. The highest BCUT2D eigenvalue weighted by molar-refractivity contribution is 5.99. The Labute approximate surface area is 103 Å². The molecule has 0 aliphatic heterocycles. The van der Waals surface area contributed by atoms with Crippen molar-refractivity contribution in [2.24, 2.45) is 11.7 Å². The molecule has 2 unspecified atom stereocenters. The second-order valence-electron chi connectivity index (χ2n) is 5.39. The lowest BCUT2D eigenvalue weighted by molar-refractivity contribution is 0.0921. The van der Waals surface area contributed by atoms with Crippen LogP contribution in [0.1, 0.15) is 46.3 Å². The van der Waals surface area contributed by atoms with E-state index in [1.165, 1.54) is 11.1 Å². The summed E-state index contributed by atoms with van der Waals surface area (Å²) in [6.45, 7) is 6.17. The van der Waals surface area contributed by atoms with Crippen LogP contribution in [0.2, 0.25) is 0 Å². The van der Waals surface area contributed by atoms with Crippen LogP contribution in [0.25, 0.3) is 0 Å². The van der Waals surface area contributed by atoms with Crippen LogP contribution in [0.5, 0.6) is 0 Å². The lowest BCUT2D eigenvalue weighted by Crippen LogP contribution is -2.18. The van der Waals surface area contributed by atoms with Gasteiger partial charge in [0.25, 0.3) is 0 Å². The van der Waals surface area contributed by atoms with Crippen molar-refractivity contribution in [1.82, 2.24) is 0 Å². The molecule has 2 N–H and O–H groups in total. The van der Waals surface area contributed by atoms with Crippen molar-refractivity contribution in [1.29, 1.82) is 0 Å². The van der Waals surface area contributed by atoms with Gasteiger partial charge in [0.1, 0.15) is 0 Å². The molecular formula is C15H21NO. The summed E-state index contributed by atoms with van der Waals surface area (Å²) in [5.74, 6) is 0.435. The molecule has 0 radical (unpaired) electrons. The summed E-state index contributed by atoms with van der Waals surface area (Å²) >= 11 is 0. The fourth-order valence-corrected chi connectivity index (χ4v) is 2.70. The fraction of sp³-hybridized carbons (Fsp3) is 0.533. The van der Waals surface area contributed by atoms with Gasteiger partial charge < -0.3 is 5.73 Å². The van der Waals surface area contributed by atoms with Crippen molar-refractivity contribution >= 4 is 5.78 Å². The van der Waals surface area contributed by atoms with Crippen molar-refractivity contribution in [3.05, 3.63) is 34.4 Å². The molecule has 2 nitrogen and oxygen atoms in total. The van der Waals surface area contributed by atoms with Crippen LogP contribution in [0, 0.1) is 26.7 Å². The summed E-state index contributed by atoms with van der Waals surface area (Å²) in [5, 5.41) is 0. The van der Waals surface area contributed by atoms with E-state index < -0.39 is 0 Å². The Morgan fingerprint density at radius 2 is 1.76 bits per heavy atom. The fourth-order valence-electron chi connectivity index (χ4n) is 2.70. The van der Waals surface area contributed by atoms with Gasteiger partial charge in [-0.15, -0.1) is 0 Å². The number of rotatable bonds is 2. The van der Waals surface area contributed by atoms with Gasteiger partial charge in [-0.05, 0) is 62.8 Å². The average molecular weight is 231 g/mol. The largest absolute Gasteiger partial charge is 0.328 e. The molecule has 0 saturated heterocycles. The average Bonchev–Trinajstić information content (AvgIpc) is 2.69. The Bertz CT molecular complexity index is 450. The number of hydrogen-bond donors (Lipinski definition) is 1. The van der Waals surface area contributed by atoms with Gasteiger partial charge in [0.2, 0.25) is 0 Å². The van der Waals surface area contributed by atoms with E-state index in [9.17, 15) is 4.79 Å². The second-order valence-corrected chi connectivity index (χ2v) is 5.39. The first-order valence-electron chi connectivity index (χ1n) is 6.36. The SMILES string of the molecule is Cc1cc(C)c(C(=O)C2CCC(N)C2)cc1C. The number of ketones is 1. The standard InChI is InChI=1S/C15H21NO/c1-9-6-11(3)14(7-10(9)2)15(17)12-4-5-13(16)8-12/h6-7,12-13H,4-5,8,16H2,1-3H3. The van der Waals surface area contributed by atoms with E-state index in [4.69, 9.17) is 5.73 Å². The number of hydrogen-bond acceptors (Lipinski definition) is 2. The number of benzene rings is 1. The lowest BCUT2D eigenvalue weighted by Gasteiger charge is -2.13. The number of carbonyl (C=O) groups excluding carboxylic acids is 1. The Balaban J connectivity index is 2.28. The second kappa shape index (κ2) is 4.61. The number of nitrogens with two attached hydrogens (primary N) is 1. The van der Waals surface area contributed by atoms with Crippen LogP contribution in [0.15, 0.2) is 12.1 Å². The molecule has 1 aliphatic rings. The minimum atomic E-state index is 0.144. The minimum Gasteiger partial charge on any atom is -0.328 e. The van der Waals surface area contributed by atoms with Crippen LogP contribution in [-0.2, 0) is 0 Å². The molecule has 0 aromatic heterocycles. The van der Waals surface area contributed by atoms with Crippen molar-refractivity contribution < 1.29 is 4.79 Å². The molecule has 0 bridgehead atoms. The Kier molecular flexibility index (Phi) is 3.34. The third-order valence-corrected chi connectivity index (χ3v) is 3.95. The Hall–Kier alpha value is -1.15. The van der Waals surface area contributed by atoms with E-state index in [-0.39, 0.29) is 12.0 Å². The van der Waals surface area contributed by atoms with Gasteiger partial charge in [0.15, 0.2) is 5.78 Å². The lowest BCUT2D eigenvalue weighted by atomic mass is 9.91. The highest BCUT2D eigenvalue weighted by Crippen LogP contribution is 2.29. The summed E-state index contributed by atoms with van der Waals surface area (Å²) in [7, 11) is 0. The molecule has 2 rings (SSSR count). The van der Waals surface area contributed by atoms with Gasteiger partial charge in [-0.2, -0.15) is 0 Å². The minimum absolute atomic E-state index is 0.144. The van der Waals surface area contributed by atoms with Gasteiger partial charge in [-0.25, -0.2) is 0 Å². The van der Waals surface area contributed by atoms with E-state index in [0.717, 1.165) is 30.4 Å². The van der Waals surface area contributed by atoms with Crippen LogP contribution in [0.4, 0.5) is 0 Å². The maximum absolute atomic E-state index is 12.4. The van der Waals surface area contributed by atoms with Gasteiger partial charge in [-0.3, -0.25) is 4.79 Å². The first-order valence-corrected chi connectivity index (χ1v) is 6.36. The van der Waals surface area contributed by atoms with Crippen molar-refractivity contribution in [3.63, 3.8) is 0 Å². The van der Waals surface area contributed by atoms with Gasteiger partial charge in [-0.1, -0.05) is 6.07 Å². The zero-order valence-electron chi connectivity index (χ0n) is 10.9. The van der Waals surface area contributed by atoms with E-state index in [1.807, 2.05) is 13.0 Å². The molecule has 17 heavy (non-hydrogen) atoms. The molecule has 0 spiro atoms. The van der Waals surface area contributed by atoms with Crippen molar-refractivity contribution in [2.45, 2.75) is 46.1 Å². The molecule has 1 aromatic carbocycles. The van der Waals surface area contributed by atoms with Crippen LogP contribution in [0.3, 0.4) is 0 Å². The quantitative estimate of drug-likeness (QED) is 0.795. The predicted molar refractivity (Wildman–Crippen MR) is 70.3 cm³/mol. The molecule has 1 fully saturated rings. The number of aryl methyl sites for hydroxylation is 3. The Morgan fingerprint density at radius 3 is 2.35 bits per heavy atom. The first-order chi connectivity index (χ1) is 7.99. The summed E-state index contributed by atoms with van der Waals surface area (Å²) < 4.78 is 0. The summed E-state index contributed by atoms with van der Waals surface area (Å²) in [4.78, 5) is 12.4. The third kappa shape index (κ3) is 2.42. The molecule has 92 valence electrons. The highest BCUT2D eigenvalue weighted by atomic mass is 16.1. The Morgan fingerprint density at radius 1 is 1.12 bits per heavy atom. The normalized spacial score (nSPS) is 24.0. The molecule has 0 amide bonds. The third-order valence-electron chi connectivity index (χ3n) is 3.95. The smallest absolute Gasteiger partial charge is 0.166 e. The zero-order valence-corrected chi connectivity index (χ0v) is 10.9. The summed E-state index contributed by atoms with van der Waals surface area (Å²) in [5.41, 5.74) is 10.3. The van der Waals surface area contributed by atoms with Crippen molar-refractivity contribution in [3.8, 4) is 0 Å². The monoisotopic (exact) mass is 231 g/mol. The summed E-state index contributed by atoms with van der Waals surface area (Å²) in [6, 6.07) is 4.37. The van der Waals surface area contributed by atoms with E-state index in [1.54, 1.807) is 0 Å². The first kappa shape index (κ1) is 12.3. The maximum atomic E-state index is 12.4. The molecule has 1 aromatic rings. The highest BCUT2D eigenvalue weighted by Gasteiger charge is 2.29. The van der Waals surface area contributed by atoms with E-state index in [0.29, 0.717) is 5.78 Å². The van der Waals surface area contributed by atoms with Crippen LogP contribution < -0.4 is 5.73 Å². The van der Waals surface area contributed by atoms with Gasteiger partial charge >= 0.3 is 0 Å². The molecular weight excluding hydrogens is 210 g/mol. The van der Waals surface area contributed by atoms with Crippen LogP contribution >= 0.6 is 0 Å². The molecule has 1 saturated carbocycles. The molecule has 1 aliphatic carbocycles. The van der Waals surface area contributed by atoms with Gasteiger partial charge in [0, 0.05) is 17.5 Å². The van der Waals surface area contributed by atoms with E-state index in [2.05, 4.69) is 19.9 Å². The predicted octanol–water partition coefficient (Wildman–Crippen LogP) is 2.92. The molecule has 2 atom stereocenters. The molecule has 2 heteroatoms. The number of Topliss-reactive ketones (excluding diaryl/α,β-unsaturated/α-hetero) is 1. The van der Waals surface area contributed by atoms with Crippen molar-refractivity contribution in [2.75, 3.05) is 0 Å². The molecule has 0 heterocycles. The van der Waals surface area contributed by atoms with E-state index >= 15 is 0 Å². The van der Waals surface area contributed by atoms with Gasteiger partial charge in [0.05, 0.1) is 0 Å². The van der Waals surface area contributed by atoms with Crippen LogP contribution in [-0.4, -0.2) is 11.8 Å².